The lowest BCUT2D eigenvalue weighted by Gasteiger charge is -2.31. The molecule has 1 atom stereocenters. The highest BCUT2D eigenvalue weighted by atomic mass is 35.5. The van der Waals surface area contributed by atoms with Crippen LogP contribution in [-0.4, -0.2) is 41.9 Å². The molecule has 1 saturated heterocycles. The second-order valence-corrected chi connectivity index (χ2v) is 8.08. The van der Waals surface area contributed by atoms with Gasteiger partial charge in [0, 0.05) is 23.8 Å². The van der Waals surface area contributed by atoms with Gasteiger partial charge in [0.2, 0.25) is 15.9 Å². The number of nitrogens with zero attached hydrogens (tertiary/aromatic N) is 3. The molecule has 3 rings (SSSR count). The molecule has 0 radical (unpaired) electrons. The third kappa shape index (κ3) is 4.43. The van der Waals surface area contributed by atoms with Crippen molar-refractivity contribution in [3.8, 4) is 5.88 Å². The number of sulfonamides is 1. The van der Waals surface area contributed by atoms with Crippen LogP contribution < -0.4 is 4.74 Å². The van der Waals surface area contributed by atoms with Crippen molar-refractivity contribution >= 4 is 21.6 Å². The van der Waals surface area contributed by atoms with Gasteiger partial charge in [-0.15, -0.1) is 0 Å². The van der Waals surface area contributed by atoms with E-state index in [1.54, 1.807) is 36.5 Å². The zero-order chi connectivity index (χ0) is 17.0. The molecule has 128 valence electrons. The molecular weight excluding hydrogens is 350 g/mol. The van der Waals surface area contributed by atoms with E-state index in [-0.39, 0.29) is 11.9 Å². The first kappa shape index (κ1) is 17.1. The molecular formula is C16H18ClN3O3S. The Hall–Kier alpha value is -1.70. The highest BCUT2D eigenvalue weighted by Crippen LogP contribution is 2.21. The molecule has 0 bridgehead atoms. The minimum Gasteiger partial charge on any atom is -0.473 e. The number of rotatable bonds is 5. The van der Waals surface area contributed by atoms with Crippen LogP contribution in [0.4, 0.5) is 0 Å². The number of ether oxygens (including phenoxy) is 1. The molecule has 1 aliphatic heterocycles. The van der Waals surface area contributed by atoms with Gasteiger partial charge < -0.3 is 4.74 Å². The average Bonchev–Trinajstić information content (AvgIpc) is 2.58. The van der Waals surface area contributed by atoms with Crippen LogP contribution in [0.15, 0.2) is 42.9 Å². The predicted octanol–water partition coefficient (Wildman–Crippen LogP) is 2.50. The average molecular weight is 368 g/mol. The molecule has 0 spiro atoms. The monoisotopic (exact) mass is 367 g/mol. The van der Waals surface area contributed by atoms with E-state index in [2.05, 4.69) is 9.97 Å². The normalized spacial score (nSPS) is 19.1. The summed E-state index contributed by atoms with van der Waals surface area (Å²) in [5.74, 6) is 0.427. The van der Waals surface area contributed by atoms with E-state index in [9.17, 15) is 8.42 Å². The van der Waals surface area contributed by atoms with E-state index in [1.807, 2.05) is 0 Å². The largest absolute Gasteiger partial charge is 0.473 e. The van der Waals surface area contributed by atoms with Crippen LogP contribution in [-0.2, 0) is 15.8 Å². The molecule has 0 aliphatic carbocycles. The van der Waals surface area contributed by atoms with Gasteiger partial charge in [0.1, 0.15) is 12.4 Å². The molecule has 2 aromatic rings. The first-order chi connectivity index (χ1) is 11.5. The Morgan fingerprint density at radius 1 is 1.25 bits per heavy atom. The molecule has 1 unspecified atom stereocenters. The molecule has 1 aliphatic rings. The van der Waals surface area contributed by atoms with Gasteiger partial charge in [-0.3, -0.25) is 0 Å². The van der Waals surface area contributed by atoms with Crippen molar-refractivity contribution in [1.29, 1.82) is 0 Å². The van der Waals surface area contributed by atoms with Crippen LogP contribution in [0.5, 0.6) is 5.88 Å². The van der Waals surface area contributed by atoms with Crippen LogP contribution in [0, 0.1) is 0 Å². The molecule has 0 N–H and O–H groups in total. The third-order valence-electron chi connectivity index (χ3n) is 3.84. The number of piperidine rings is 1. The van der Waals surface area contributed by atoms with E-state index >= 15 is 0 Å². The van der Waals surface area contributed by atoms with Gasteiger partial charge >= 0.3 is 0 Å². The molecule has 2 heterocycles. The van der Waals surface area contributed by atoms with Crippen molar-refractivity contribution in [3.05, 3.63) is 53.4 Å². The fourth-order valence-corrected chi connectivity index (χ4v) is 4.38. The summed E-state index contributed by atoms with van der Waals surface area (Å²) >= 11 is 5.84. The maximum atomic E-state index is 12.6. The third-order valence-corrected chi connectivity index (χ3v) is 5.91. The Kier molecular flexibility index (Phi) is 5.33. The fourth-order valence-electron chi connectivity index (χ4n) is 2.66. The summed E-state index contributed by atoms with van der Waals surface area (Å²) in [4.78, 5) is 7.86. The molecule has 8 heteroatoms. The quantitative estimate of drug-likeness (QED) is 0.811. The second-order valence-electron chi connectivity index (χ2n) is 5.67. The molecule has 24 heavy (non-hydrogen) atoms. The zero-order valence-corrected chi connectivity index (χ0v) is 14.6. The van der Waals surface area contributed by atoms with Crippen LogP contribution >= 0.6 is 11.6 Å². The summed E-state index contributed by atoms with van der Waals surface area (Å²) < 4.78 is 32.6. The second kappa shape index (κ2) is 7.46. The zero-order valence-electron chi connectivity index (χ0n) is 13.0. The van der Waals surface area contributed by atoms with Gasteiger partial charge in [0.25, 0.3) is 0 Å². The maximum Gasteiger partial charge on any atom is 0.218 e. The van der Waals surface area contributed by atoms with E-state index in [0.29, 0.717) is 24.0 Å². The van der Waals surface area contributed by atoms with Gasteiger partial charge in [-0.25, -0.2) is 18.4 Å². The van der Waals surface area contributed by atoms with Crippen molar-refractivity contribution in [1.82, 2.24) is 14.3 Å². The molecule has 1 aromatic carbocycles. The summed E-state index contributed by atoms with van der Waals surface area (Å²) in [5, 5.41) is 0.590. The smallest absolute Gasteiger partial charge is 0.218 e. The molecule has 1 fully saturated rings. The van der Waals surface area contributed by atoms with Crippen molar-refractivity contribution in [2.75, 3.05) is 13.1 Å². The number of halogens is 1. The Labute approximate surface area is 146 Å². The van der Waals surface area contributed by atoms with Gasteiger partial charge in [0.05, 0.1) is 12.3 Å². The standard InChI is InChI=1S/C16H18ClN3O3S/c17-14-5-3-13(4-6-14)11-24(21,22)20-9-1-2-15(10-20)23-16-7-8-18-12-19-16/h3-8,12,15H,1-2,9-11H2. The lowest BCUT2D eigenvalue weighted by atomic mass is 10.1. The van der Waals surface area contributed by atoms with Crippen LogP contribution in [0.1, 0.15) is 18.4 Å². The fraction of sp³-hybridized carbons (Fsp3) is 0.375. The summed E-state index contributed by atoms with van der Waals surface area (Å²) in [6.45, 7) is 0.847. The van der Waals surface area contributed by atoms with Crippen molar-refractivity contribution in [3.63, 3.8) is 0 Å². The maximum absolute atomic E-state index is 12.6. The molecule has 0 saturated carbocycles. The number of hydrogen-bond acceptors (Lipinski definition) is 5. The highest BCUT2D eigenvalue weighted by molar-refractivity contribution is 7.88. The van der Waals surface area contributed by atoms with Gasteiger partial charge in [-0.2, -0.15) is 4.31 Å². The minimum atomic E-state index is -3.40. The first-order valence-corrected chi connectivity index (χ1v) is 9.66. The summed E-state index contributed by atoms with van der Waals surface area (Å²) in [7, 11) is -3.40. The first-order valence-electron chi connectivity index (χ1n) is 7.68. The van der Waals surface area contributed by atoms with E-state index in [1.165, 1.54) is 10.6 Å². The summed E-state index contributed by atoms with van der Waals surface area (Å²) in [6.07, 6.45) is 4.37. The van der Waals surface area contributed by atoms with Gasteiger partial charge in [-0.05, 0) is 30.5 Å². The Bertz CT molecular complexity index is 769. The van der Waals surface area contributed by atoms with Crippen molar-refractivity contribution in [2.45, 2.75) is 24.7 Å². The highest BCUT2D eigenvalue weighted by Gasteiger charge is 2.30. The number of aromatic nitrogens is 2. The van der Waals surface area contributed by atoms with E-state index in [0.717, 1.165) is 18.4 Å². The number of benzene rings is 1. The Morgan fingerprint density at radius 2 is 2.04 bits per heavy atom. The molecule has 0 amide bonds. The van der Waals surface area contributed by atoms with Crippen LogP contribution in [0.2, 0.25) is 5.02 Å². The SMILES string of the molecule is O=S(=O)(Cc1ccc(Cl)cc1)N1CCCC(Oc2ccncn2)C1. The topological polar surface area (TPSA) is 72.4 Å². The lowest BCUT2D eigenvalue weighted by molar-refractivity contribution is 0.124. The minimum absolute atomic E-state index is 0.0373. The van der Waals surface area contributed by atoms with Crippen molar-refractivity contribution in [2.24, 2.45) is 0 Å². The molecule has 6 nitrogen and oxygen atoms in total. The van der Waals surface area contributed by atoms with Crippen molar-refractivity contribution < 1.29 is 13.2 Å². The van der Waals surface area contributed by atoms with Gasteiger partial charge in [-0.1, -0.05) is 23.7 Å². The molecule has 1 aromatic heterocycles. The lowest BCUT2D eigenvalue weighted by Crippen LogP contribution is -2.44. The summed E-state index contributed by atoms with van der Waals surface area (Å²) in [5.41, 5.74) is 0.721. The predicted molar refractivity (Wildman–Crippen MR) is 91.3 cm³/mol. The van der Waals surface area contributed by atoms with Gasteiger partial charge in [0.15, 0.2) is 0 Å². The van der Waals surface area contributed by atoms with E-state index < -0.39 is 10.0 Å². The summed E-state index contributed by atoms with van der Waals surface area (Å²) in [6, 6.07) is 8.53. The van der Waals surface area contributed by atoms with Crippen LogP contribution in [0.3, 0.4) is 0 Å². The van der Waals surface area contributed by atoms with E-state index in [4.69, 9.17) is 16.3 Å². The Balaban J connectivity index is 1.65. The van der Waals surface area contributed by atoms with Crippen LogP contribution in [0.25, 0.3) is 0 Å². The number of hydrogen-bond donors (Lipinski definition) is 0. The Morgan fingerprint density at radius 3 is 2.75 bits per heavy atom.